The van der Waals surface area contributed by atoms with Gasteiger partial charge in [0.15, 0.2) is 0 Å². The minimum absolute atomic E-state index is 0.0740. The fourth-order valence-corrected chi connectivity index (χ4v) is 3.22. The van der Waals surface area contributed by atoms with Crippen molar-refractivity contribution in [2.75, 3.05) is 66.1 Å². The Hall–Kier alpha value is -2.00. The lowest BCUT2D eigenvalue weighted by Gasteiger charge is -2.36. The Balaban J connectivity index is 1.48. The number of carbonyl (C=O) groups excluding carboxylic acids is 3. The van der Waals surface area contributed by atoms with Crippen LogP contribution in [0, 0.1) is 0 Å². The van der Waals surface area contributed by atoms with Gasteiger partial charge in [0, 0.05) is 59.2 Å². The quantitative estimate of drug-likeness (QED) is 0.624. The Kier molecular flexibility index (Phi) is 5.64. The smallest absolute Gasteiger partial charge is 0.270 e. The maximum Gasteiger partial charge on any atom is 0.270 e. The normalized spacial score (nSPS) is 22.8. The predicted molar refractivity (Wildman–Crippen MR) is 89.9 cm³/mol. The molecule has 0 spiro atoms. The molecule has 25 heavy (non-hydrogen) atoms. The van der Waals surface area contributed by atoms with Gasteiger partial charge in [-0.25, -0.2) is 5.01 Å². The van der Waals surface area contributed by atoms with E-state index < -0.39 is 0 Å². The van der Waals surface area contributed by atoms with E-state index in [1.54, 1.807) is 11.9 Å². The van der Waals surface area contributed by atoms with Crippen LogP contribution in [-0.2, 0) is 19.1 Å². The van der Waals surface area contributed by atoms with Gasteiger partial charge in [-0.1, -0.05) is 0 Å². The Labute approximate surface area is 147 Å². The molecule has 2 saturated heterocycles. The molecule has 3 aliphatic rings. The fourth-order valence-electron chi connectivity index (χ4n) is 3.22. The average Bonchev–Trinajstić information content (AvgIpc) is 2.64. The van der Waals surface area contributed by atoms with E-state index >= 15 is 0 Å². The third-order valence-electron chi connectivity index (χ3n) is 4.84. The van der Waals surface area contributed by atoms with Gasteiger partial charge in [-0.15, -0.1) is 0 Å². The monoisotopic (exact) mass is 351 g/mol. The number of rotatable bonds is 3. The molecule has 0 aliphatic carbocycles. The SMILES string of the molecule is CN1N=C(C(=O)N2CCN(C(=O)CN3CCOCC3)CC2)CCC1=O. The number of hydrogen-bond acceptors (Lipinski definition) is 6. The van der Waals surface area contributed by atoms with E-state index in [-0.39, 0.29) is 17.7 Å². The van der Waals surface area contributed by atoms with Crippen molar-refractivity contribution in [3.63, 3.8) is 0 Å². The summed E-state index contributed by atoms with van der Waals surface area (Å²) in [6.45, 7) is 5.43. The zero-order chi connectivity index (χ0) is 17.8. The molecule has 0 N–H and O–H groups in total. The highest BCUT2D eigenvalue weighted by Crippen LogP contribution is 2.11. The van der Waals surface area contributed by atoms with Crippen LogP contribution in [0.1, 0.15) is 12.8 Å². The molecule has 3 amide bonds. The van der Waals surface area contributed by atoms with Gasteiger partial charge >= 0.3 is 0 Å². The van der Waals surface area contributed by atoms with Crippen molar-refractivity contribution in [3.05, 3.63) is 0 Å². The lowest BCUT2D eigenvalue weighted by Crippen LogP contribution is -2.54. The maximum atomic E-state index is 12.5. The Morgan fingerprint density at radius 2 is 1.64 bits per heavy atom. The third kappa shape index (κ3) is 4.35. The van der Waals surface area contributed by atoms with Crippen molar-refractivity contribution < 1.29 is 19.1 Å². The van der Waals surface area contributed by atoms with E-state index in [9.17, 15) is 14.4 Å². The minimum Gasteiger partial charge on any atom is -0.379 e. The molecule has 0 bridgehead atoms. The van der Waals surface area contributed by atoms with Gasteiger partial charge in [0.2, 0.25) is 11.8 Å². The van der Waals surface area contributed by atoms with Gasteiger partial charge in [-0.2, -0.15) is 5.10 Å². The number of carbonyl (C=O) groups is 3. The van der Waals surface area contributed by atoms with E-state index in [2.05, 4.69) is 10.0 Å². The molecule has 0 atom stereocenters. The molecular formula is C16H25N5O4. The Morgan fingerprint density at radius 1 is 1.00 bits per heavy atom. The predicted octanol–water partition coefficient (Wildman–Crippen LogP) is -1.40. The largest absolute Gasteiger partial charge is 0.379 e. The van der Waals surface area contributed by atoms with Crippen molar-refractivity contribution in [1.82, 2.24) is 19.7 Å². The molecule has 0 unspecified atom stereocenters. The standard InChI is InChI=1S/C16H25N5O4/c1-18-14(22)3-2-13(17-18)16(24)21-6-4-20(5-7-21)15(23)12-19-8-10-25-11-9-19/h2-12H2,1H3. The van der Waals surface area contributed by atoms with Crippen molar-refractivity contribution in [1.29, 1.82) is 0 Å². The third-order valence-corrected chi connectivity index (χ3v) is 4.84. The highest BCUT2D eigenvalue weighted by Gasteiger charge is 2.30. The summed E-state index contributed by atoms with van der Waals surface area (Å²) in [6, 6.07) is 0. The van der Waals surface area contributed by atoms with Gasteiger partial charge in [-0.3, -0.25) is 19.3 Å². The summed E-state index contributed by atoms with van der Waals surface area (Å²) in [4.78, 5) is 42.0. The van der Waals surface area contributed by atoms with Gasteiger partial charge in [0.1, 0.15) is 5.71 Å². The molecule has 0 aromatic heterocycles. The van der Waals surface area contributed by atoms with Crippen LogP contribution < -0.4 is 0 Å². The molecule has 0 radical (unpaired) electrons. The number of nitrogens with zero attached hydrogens (tertiary/aromatic N) is 5. The first kappa shape index (κ1) is 17.8. The summed E-state index contributed by atoms with van der Waals surface area (Å²) in [5, 5.41) is 5.31. The summed E-state index contributed by atoms with van der Waals surface area (Å²) in [7, 11) is 1.57. The molecule has 2 fully saturated rings. The molecule has 0 aromatic carbocycles. The van der Waals surface area contributed by atoms with Gasteiger partial charge in [0.05, 0.1) is 19.8 Å². The van der Waals surface area contributed by atoms with Crippen LogP contribution in [0.4, 0.5) is 0 Å². The zero-order valence-electron chi connectivity index (χ0n) is 14.6. The number of piperazine rings is 1. The van der Waals surface area contributed by atoms with Crippen LogP contribution >= 0.6 is 0 Å². The number of morpholine rings is 1. The Bertz CT molecular complexity index is 565. The summed E-state index contributed by atoms with van der Waals surface area (Å²) >= 11 is 0. The van der Waals surface area contributed by atoms with Crippen LogP contribution in [-0.4, -0.2) is 109 Å². The maximum absolute atomic E-state index is 12.5. The molecule has 0 aromatic rings. The lowest BCUT2D eigenvalue weighted by atomic mass is 10.1. The summed E-state index contributed by atoms with van der Waals surface area (Å²) in [5.74, 6) is -0.0935. The van der Waals surface area contributed by atoms with Crippen LogP contribution in [0.5, 0.6) is 0 Å². The van der Waals surface area contributed by atoms with Crippen LogP contribution in [0.2, 0.25) is 0 Å². The van der Waals surface area contributed by atoms with Crippen molar-refractivity contribution >= 4 is 23.4 Å². The van der Waals surface area contributed by atoms with E-state index in [1.807, 2.05) is 4.90 Å². The van der Waals surface area contributed by atoms with E-state index in [0.29, 0.717) is 64.5 Å². The Morgan fingerprint density at radius 3 is 2.28 bits per heavy atom. The average molecular weight is 351 g/mol. The second-order valence-corrected chi connectivity index (χ2v) is 6.53. The first-order valence-electron chi connectivity index (χ1n) is 8.76. The molecule has 0 saturated carbocycles. The second-order valence-electron chi connectivity index (χ2n) is 6.53. The molecule has 138 valence electrons. The van der Waals surface area contributed by atoms with E-state index in [4.69, 9.17) is 4.74 Å². The minimum atomic E-state index is -0.125. The van der Waals surface area contributed by atoms with Crippen molar-refractivity contribution in [2.45, 2.75) is 12.8 Å². The van der Waals surface area contributed by atoms with Crippen LogP contribution in [0.3, 0.4) is 0 Å². The molecule has 3 aliphatic heterocycles. The number of ether oxygens (including phenoxy) is 1. The summed E-state index contributed by atoms with van der Waals surface area (Å²) in [5.41, 5.74) is 0.426. The number of hydrogen-bond donors (Lipinski definition) is 0. The molecular weight excluding hydrogens is 326 g/mol. The van der Waals surface area contributed by atoms with E-state index in [1.165, 1.54) is 5.01 Å². The second kappa shape index (κ2) is 7.92. The van der Waals surface area contributed by atoms with Crippen molar-refractivity contribution in [2.24, 2.45) is 5.10 Å². The molecule has 9 nitrogen and oxygen atoms in total. The highest BCUT2D eigenvalue weighted by atomic mass is 16.5. The van der Waals surface area contributed by atoms with Crippen LogP contribution in [0.15, 0.2) is 5.10 Å². The fraction of sp³-hybridized carbons (Fsp3) is 0.750. The van der Waals surface area contributed by atoms with Gasteiger partial charge < -0.3 is 14.5 Å². The van der Waals surface area contributed by atoms with Crippen molar-refractivity contribution in [3.8, 4) is 0 Å². The summed E-state index contributed by atoms with van der Waals surface area (Å²) < 4.78 is 5.29. The number of hydrazone groups is 1. The molecule has 3 heterocycles. The summed E-state index contributed by atoms with van der Waals surface area (Å²) in [6.07, 6.45) is 0.706. The van der Waals surface area contributed by atoms with Gasteiger partial charge in [0.25, 0.3) is 5.91 Å². The first-order chi connectivity index (χ1) is 12.0. The lowest BCUT2D eigenvalue weighted by molar-refractivity contribution is -0.138. The van der Waals surface area contributed by atoms with E-state index in [0.717, 1.165) is 13.1 Å². The first-order valence-corrected chi connectivity index (χ1v) is 8.76. The van der Waals surface area contributed by atoms with Gasteiger partial charge in [-0.05, 0) is 0 Å². The highest BCUT2D eigenvalue weighted by molar-refractivity contribution is 6.39. The zero-order valence-corrected chi connectivity index (χ0v) is 14.6. The molecule has 3 rings (SSSR count). The number of amides is 3. The topological polar surface area (TPSA) is 85.8 Å². The van der Waals surface area contributed by atoms with Crippen LogP contribution in [0.25, 0.3) is 0 Å². The molecule has 9 heteroatoms.